The lowest BCUT2D eigenvalue weighted by atomic mass is 10.1. The number of hydrogen-bond acceptors (Lipinski definition) is 2. The third-order valence-corrected chi connectivity index (χ3v) is 9.62. The topological polar surface area (TPSA) is 46.2 Å². The third kappa shape index (κ3) is 7.36. The van der Waals surface area contributed by atoms with Crippen LogP contribution in [0.4, 0.5) is 0 Å². The van der Waals surface area contributed by atoms with Crippen LogP contribution in [0.1, 0.15) is 37.8 Å². The molecule has 0 spiro atoms. The van der Waals surface area contributed by atoms with Gasteiger partial charge in [0.1, 0.15) is 0 Å². The van der Waals surface area contributed by atoms with Gasteiger partial charge in [0.2, 0.25) is 5.91 Å². The van der Waals surface area contributed by atoms with Gasteiger partial charge in [-0.2, -0.15) is 0 Å². The van der Waals surface area contributed by atoms with Crippen LogP contribution in [0.3, 0.4) is 0 Å². The van der Waals surface area contributed by atoms with Gasteiger partial charge in [-0.25, -0.2) is 0 Å². The lowest BCUT2D eigenvalue weighted by molar-refractivity contribution is -0.121. The highest BCUT2D eigenvalue weighted by molar-refractivity contribution is 7.85. The van der Waals surface area contributed by atoms with E-state index in [0.717, 1.165) is 23.3 Å². The molecule has 5 heteroatoms. The first kappa shape index (κ1) is 22.6. The molecule has 0 saturated heterocycles. The standard InChI is InChI=1S/C23H33NO2SSi/c1-19(20-12-7-5-8-13-20)24-23(25)18-22(28(2,3)4)16-11-17-27(26)21-14-9-6-10-15-21/h5-10,12-15,19,22H,11,16-18H2,1-4H3,(H,24,25)/t19-,22-,27?/m0/s1. The van der Waals surface area contributed by atoms with E-state index in [-0.39, 0.29) is 11.9 Å². The fraction of sp³-hybridized carbons (Fsp3) is 0.435. The van der Waals surface area contributed by atoms with Crippen molar-refractivity contribution in [1.29, 1.82) is 0 Å². The van der Waals surface area contributed by atoms with Crippen molar-refractivity contribution in [3.63, 3.8) is 0 Å². The van der Waals surface area contributed by atoms with Crippen LogP contribution in [0.25, 0.3) is 0 Å². The Balaban J connectivity index is 1.87. The maximum Gasteiger partial charge on any atom is 0.220 e. The summed E-state index contributed by atoms with van der Waals surface area (Å²) >= 11 is 0. The van der Waals surface area contributed by atoms with Gasteiger partial charge in [0.05, 0.1) is 16.8 Å². The Kier molecular flexibility index (Phi) is 8.64. The summed E-state index contributed by atoms with van der Waals surface area (Å²) in [7, 11) is -2.45. The molecule has 3 nitrogen and oxygen atoms in total. The Hall–Kier alpha value is -1.72. The van der Waals surface area contributed by atoms with E-state index < -0.39 is 18.9 Å². The minimum Gasteiger partial charge on any atom is -0.350 e. The minimum absolute atomic E-state index is 0.0153. The third-order valence-electron chi connectivity index (χ3n) is 5.22. The largest absolute Gasteiger partial charge is 0.350 e. The van der Waals surface area contributed by atoms with E-state index in [4.69, 9.17) is 0 Å². The molecule has 0 aliphatic rings. The molecular weight excluding hydrogens is 382 g/mol. The molecule has 152 valence electrons. The second kappa shape index (κ2) is 10.7. The van der Waals surface area contributed by atoms with Crippen molar-refractivity contribution in [2.24, 2.45) is 0 Å². The maximum atomic E-state index is 12.7. The van der Waals surface area contributed by atoms with Gasteiger partial charge in [0.15, 0.2) is 0 Å². The van der Waals surface area contributed by atoms with Crippen LogP contribution in [0, 0.1) is 0 Å². The second-order valence-corrected chi connectivity index (χ2v) is 15.6. The smallest absolute Gasteiger partial charge is 0.220 e. The van der Waals surface area contributed by atoms with E-state index in [2.05, 4.69) is 25.0 Å². The first-order valence-corrected chi connectivity index (χ1v) is 14.9. The molecule has 0 aliphatic carbocycles. The van der Waals surface area contributed by atoms with Gasteiger partial charge in [0.25, 0.3) is 0 Å². The summed E-state index contributed by atoms with van der Waals surface area (Å²) in [5.41, 5.74) is 1.52. The molecule has 1 unspecified atom stereocenters. The van der Waals surface area contributed by atoms with Gasteiger partial charge >= 0.3 is 0 Å². The Labute approximate surface area is 173 Å². The van der Waals surface area contributed by atoms with Crippen LogP contribution in [0.5, 0.6) is 0 Å². The summed E-state index contributed by atoms with van der Waals surface area (Å²) < 4.78 is 12.4. The van der Waals surface area contributed by atoms with Gasteiger partial charge in [0, 0.05) is 25.1 Å². The van der Waals surface area contributed by atoms with Crippen molar-refractivity contribution in [1.82, 2.24) is 5.32 Å². The zero-order valence-electron chi connectivity index (χ0n) is 17.5. The summed E-state index contributed by atoms with van der Waals surface area (Å²) in [4.78, 5) is 13.5. The molecule has 1 N–H and O–H groups in total. The van der Waals surface area contributed by atoms with E-state index >= 15 is 0 Å². The number of carbonyl (C=O) groups is 1. The fourth-order valence-corrected chi connectivity index (χ4v) is 6.33. The van der Waals surface area contributed by atoms with Gasteiger partial charge in [-0.05, 0) is 36.6 Å². The zero-order chi connectivity index (χ0) is 20.6. The molecular formula is C23H33NO2SSi. The summed E-state index contributed by atoms with van der Waals surface area (Å²) in [5.74, 6) is 0.778. The van der Waals surface area contributed by atoms with Gasteiger partial charge in [-0.1, -0.05) is 74.6 Å². The Bertz CT molecular complexity index is 759. The van der Waals surface area contributed by atoms with Crippen LogP contribution >= 0.6 is 0 Å². The van der Waals surface area contributed by atoms with Crippen molar-refractivity contribution in [2.45, 2.75) is 62.3 Å². The number of carbonyl (C=O) groups excluding carboxylic acids is 1. The molecule has 2 aromatic carbocycles. The molecule has 2 aromatic rings. The molecule has 1 amide bonds. The van der Waals surface area contributed by atoms with Crippen molar-refractivity contribution < 1.29 is 9.00 Å². The second-order valence-electron chi connectivity index (χ2n) is 8.47. The SMILES string of the molecule is C[C@H](NC(=O)C[C@H](CCCS(=O)c1ccccc1)[Si](C)(C)C)c1ccccc1. The van der Waals surface area contributed by atoms with Crippen LogP contribution in [-0.2, 0) is 15.6 Å². The van der Waals surface area contributed by atoms with Crippen molar-refractivity contribution in [2.75, 3.05) is 5.75 Å². The zero-order valence-corrected chi connectivity index (χ0v) is 19.3. The quantitative estimate of drug-likeness (QED) is 0.517. The predicted octanol–water partition coefficient (Wildman–Crippen LogP) is 5.55. The normalized spacial score (nSPS) is 14.9. The average Bonchev–Trinajstić information content (AvgIpc) is 2.67. The number of amides is 1. The first-order chi connectivity index (χ1) is 13.3. The maximum absolute atomic E-state index is 12.7. The van der Waals surface area contributed by atoms with Crippen LogP contribution < -0.4 is 5.32 Å². The molecule has 0 bridgehead atoms. The lowest BCUT2D eigenvalue weighted by Crippen LogP contribution is -2.34. The van der Waals surface area contributed by atoms with Gasteiger partial charge < -0.3 is 5.32 Å². The van der Waals surface area contributed by atoms with Crippen molar-refractivity contribution >= 4 is 24.8 Å². The highest BCUT2D eigenvalue weighted by Crippen LogP contribution is 2.31. The van der Waals surface area contributed by atoms with E-state index in [1.54, 1.807) is 0 Å². The van der Waals surface area contributed by atoms with E-state index in [0.29, 0.717) is 17.7 Å². The first-order valence-electron chi connectivity index (χ1n) is 10.0. The van der Waals surface area contributed by atoms with Crippen molar-refractivity contribution in [3.05, 3.63) is 66.2 Å². The highest BCUT2D eigenvalue weighted by atomic mass is 32.2. The van der Waals surface area contributed by atoms with Crippen LogP contribution in [-0.4, -0.2) is 23.9 Å². The van der Waals surface area contributed by atoms with E-state index in [9.17, 15) is 9.00 Å². The van der Waals surface area contributed by atoms with E-state index in [1.807, 2.05) is 67.6 Å². The summed E-state index contributed by atoms with van der Waals surface area (Å²) in [6, 6.07) is 19.7. The number of rotatable bonds is 10. The lowest BCUT2D eigenvalue weighted by Gasteiger charge is -2.29. The Morgan fingerprint density at radius 2 is 1.57 bits per heavy atom. The molecule has 0 aromatic heterocycles. The molecule has 3 atom stereocenters. The van der Waals surface area contributed by atoms with Crippen LogP contribution in [0.15, 0.2) is 65.6 Å². The van der Waals surface area contributed by atoms with E-state index in [1.165, 1.54) is 0 Å². The number of benzene rings is 2. The monoisotopic (exact) mass is 415 g/mol. The molecule has 2 rings (SSSR count). The number of nitrogens with one attached hydrogen (secondary N) is 1. The molecule has 0 fully saturated rings. The van der Waals surface area contributed by atoms with Crippen molar-refractivity contribution in [3.8, 4) is 0 Å². The highest BCUT2D eigenvalue weighted by Gasteiger charge is 2.29. The number of hydrogen-bond donors (Lipinski definition) is 1. The molecule has 28 heavy (non-hydrogen) atoms. The Morgan fingerprint density at radius 1 is 1.00 bits per heavy atom. The molecule has 0 heterocycles. The fourth-order valence-electron chi connectivity index (χ4n) is 3.34. The predicted molar refractivity (Wildman–Crippen MR) is 122 cm³/mol. The van der Waals surface area contributed by atoms with Gasteiger partial charge in [-0.3, -0.25) is 9.00 Å². The molecule has 0 aliphatic heterocycles. The molecule has 0 saturated carbocycles. The minimum atomic E-state index is -1.49. The molecule has 0 radical (unpaired) electrons. The summed E-state index contributed by atoms with van der Waals surface area (Å²) in [6.07, 6.45) is 2.41. The van der Waals surface area contributed by atoms with Gasteiger partial charge in [-0.15, -0.1) is 0 Å². The summed E-state index contributed by atoms with van der Waals surface area (Å²) in [6.45, 7) is 8.99. The Morgan fingerprint density at radius 3 is 2.14 bits per heavy atom. The average molecular weight is 416 g/mol. The van der Waals surface area contributed by atoms with Crippen LogP contribution in [0.2, 0.25) is 25.2 Å². The summed E-state index contributed by atoms with van der Waals surface area (Å²) in [5, 5.41) is 3.15.